The second-order valence-electron chi connectivity index (χ2n) is 9.76. The monoisotopic (exact) mass is 625 g/mol. The zero-order chi connectivity index (χ0) is 29.9. The van der Waals surface area contributed by atoms with Crippen molar-refractivity contribution in [2.45, 2.75) is 43.3 Å². The Labute approximate surface area is 252 Å². The predicted molar refractivity (Wildman–Crippen MR) is 158 cm³/mol. The number of nitrogens with one attached hydrogen (secondary N) is 1. The SMILES string of the molecule is O=C(NCc1ccc(CN(C2CCc3cccnc3C2)S(=O)(=O)c2ccccc2[N+](=O)[O-])cc1)c1c(Cl)cncc1Cl. The number of sulfonamides is 1. The number of fused-ring (bicyclic) bond motifs is 1. The lowest BCUT2D eigenvalue weighted by Gasteiger charge is -2.34. The molecule has 13 heteroatoms. The molecular formula is C29H25Cl2N5O5S. The van der Waals surface area contributed by atoms with Crippen LogP contribution in [0.5, 0.6) is 0 Å². The Morgan fingerprint density at radius 2 is 1.71 bits per heavy atom. The van der Waals surface area contributed by atoms with E-state index in [9.17, 15) is 23.3 Å². The number of halogens is 2. The van der Waals surface area contributed by atoms with Crippen molar-refractivity contribution in [3.05, 3.63) is 127 Å². The molecule has 1 N–H and O–H groups in total. The predicted octanol–water partition coefficient (Wildman–Crippen LogP) is 5.37. The van der Waals surface area contributed by atoms with E-state index in [1.54, 1.807) is 30.5 Å². The average Bonchev–Trinajstić information content (AvgIpc) is 2.99. The molecular weight excluding hydrogens is 601 g/mol. The number of rotatable bonds is 9. The van der Waals surface area contributed by atoms with Gasteiger partial charge in [-0.3, -0.25) is 24.9 Å². The second-order valence-corrected chi connectivity index (χ2v) is 12.4. The summed E-state index contributed by atoms with van der Waals surface area (Å²) in [5.41, 5.74) is 2.98. The number of aryl methyl sites for hydroxylation is 1. The van der Waals surface area contributed by atoms with Crippen molar-refractivity contribution >= 4 is 44.8 Å². The van der Waals surface area contributed by atoms with E-state index in [0.29, 0.717) is 24.8 Å². The second kappa shape index (κ2) is 12.5. The number of benzene rings is 2. The first-order valence-electron chi connectivity index (χ1n) is 13.0. The highest BCUT2D eigenvalue weighted by Crippen LogP contribution is 2.33. The van der Waals surface area contributed by atoms with Crippen LogP contribution in [-0.2, 0) is 36.0 Å². The molecule has 0 fully saturated rings. The van der Waals surface area contributed by atoms with Gasteiger partial charge in [0.25, 0.3) is 11.6 Å². The van der Waals surface area contributed by atoms with Gasteiger partial charge in [-0.2, -0.15) is 4.31 Å². The van der Waals surface area contributed by atoms with Crippen LogP contribution < -0.4 is 5.32 Å². The molecule has 4 aromatic rings. The lowest BCUT2D eigenvalue weighted by molar-refractivity contribution is -0.387. The summed E-state index contributed by atoms with van der Waals surface area (Å²) in [4.78, 5) is 31.6. The Morgan fingerprint density at radius 1 is 1.02 bits per heavy atom. The van der Waals surface area contributed by atoms with Crippen LogP contribution in [-0.4, -0.2) is 39.6 Å². The van der Waals surface area contributed by atoms with Gasteiger partial charge in [0.2, 0.25) is 10.0 Å². The minimum atomic E-state index is -4.27. The number of carbonyl (C=O) groups excluding carboxylic acids is 1. The summed E-state index contributed by atoms with van der Waals surface area (Å²) in [7, 11) is -4.27. The quantitative estimate of drug-likeness (QED) is 0.195. The van der Waals surface area contributed by atoms with Gasteiger partial charge in [-0.25, -0.2) is 8.42 Å². The highest BCUT2D eigenvalue weighted by Gasteiger charge is 2.37. The van der Waals surface area contributed by atoms with Gasteiger partial charge in [-0.05, 0) is 41.7 Å². The molecule has 10 nitrogen and oxygen atoms in total. The Balaban J connectivity index is 1.39. The summed E-state index contributed by atoms with van der Waals surface area (Å²) < 4.78 is 29.4. The van der Waals surface area contributed by atoms with Gasteiger partial charge < -0.3 is 5.32 Å². The Bertz CT molecular complexity index is 1730. The van der Waals surface area contributed by atoms with Crippen LogP contribution in [0.25, 0.3) is 0 Å². The van der Waals surface area contributed by atoms with Crippen LogP contribution in [0.4, 0.5) is 5.69 Å². The van der Waals surface area contributed by atoms with E-state index >= 15 is 0 Å². The van der Waals surface area contributed by atoms with Crippen LogP contribution in [0.1, 0.15) is 39.2 Å². The number of nitrogens with zero attached hydrogens (tertiary/aromatic N) is 4. The molecule has 0 aliphatic heterocycles. The fraction of sp³-hybridized carbons (Fsp3) is 0.207. The molecule has 1 aliphatic rings. The van der Waals surface area contributed by atoms with Crippen molar-refractivity contribution in [2.24, 2.45) is 0 Å². The van der Waals surface area contributed by atoms with Crippen LogP contribution in [0.3, 0.4) is 0 Å². The van der Waals surface area contributed by atoms with Crippen molar-refractivity contribution in [3.8, 4) is 0 Å². The number of aromatic nitrogens is 2. The molecule has 0 bridgehead atoms. The minimum absolute atomic E-state index is 0.00388. The fourth-order valence-electron chi connectivity index (χ4n) is 4.98. The molecule has 2 aromatic carbocycles. The number of amides is 1. The zero-order valence-corrected chi connectivity index (χ0v) is 24.4. The third-order valence-electron chi connectivity index (χ3n) is 7.11. The Morgan fingerprint density at radius 3 is 2.43 bits per heavy atom. The summed E-state index contributed by atoms with van der Waals surface area (Å²) in [6.45, 7) is 0.174. The van der Waals surface area contributed by atoms with Gasteiger partial charge >= 0.3 is 0 Å². The van der Waals surface area contributed by atoms with Gasteiger partial charge in [0, 0.05) is 55.9 Å². The molecule has 0 spiro atoms. The summed E-state index contributed by atoms with van der Waals surface area (Å²) in [5.74, 6) is -0.454. The Kier molecular flexibility index (Phi) is 8.83. The number of nitro groups is 1. The maximum atomic E-state index is 14.0. The van der Waals surface area contributed by atoms with Crippen molar-refractivity contribution in [1.29, 1.82) is 0 Å². The average molecular weight is 627 g/mol. The number of para-hydroxylation sites is 1. The number of carbonyl (C=O) groups is 1. The van der Waals surface area contributed by atoms with Crippen molar-refractivity contribution in [2.75, 3.05) is 0 Å². The molecule has 5 rings (SSSR count). The molecule has 0 radical (unpaired) electrons. The summed E-state index contributed by atoms with van der Waals surface area (Å²) in [6.07, 6.45) is 5.92. The number of hydrogen-bond donors (Lipinski definition) is 1. The van der Waals surface area contributed by atoms with E-state index in [1.165, 1.54) is 41.0 Å². The minimum Gasteiger partial charge on any atom is -0.348 e. The first-order chi connectivity index (χ1) is 20.1. The van der Waals surface area contributed by atoms with E-state index < -0.39 is 32.6 Å². The third-order valence-corrected chi connectivity index (χ3v) is 9.63. The van der Waals surface area contributed by atoms with E-state index in [4.69, 9.17) is 23.2 Å². The van der Waals surface area contributed by atoms with Gasteiger partial charge in [-0.1, -0.05) is 65.7 Å². The van der Waals surface area contributed by atoms with E-state index in [1.807, 2.05) is 12.1 Å². The van der Waals surface area contributed by atoms with Crippen LogP contribution in [0, 0.1) is 10.1 Å². The van der Waals surface area contributed by atoms with Crippen molar-refractivity contribution in [1.82, 2.24) is 19.6 Å². The maximum Gasteiger partial charge on any atom is 0.289 e. The molecule has 0 saturated heterocycles. The van der Waals surface area contributed by atoms with Gasteiger partial charge in [-0.15, -0.1) is 0 Å². The number of nitro benzene ring substituents is 1. The molecule has 1 unspecified atom stereocenters. The number of hydrogen-bond acceptors (Lipinski definition) is 7. The Hall–Kier alpha value is -3.90. The van der Waals surface area contributed by atoms with Gasteiger partial charge in [0.1, 0.15) is 0 Å². The summed E-state index contributed by atoms with van der Waals surface area (Å²) >= 11 is 12.1. The van der Waals surface area contributed by atoms with Crippen molar-refractivity contribution in [3.63, 3.8) is 0 Å². The zero-order valence-electron chi connectivity index (χ0n) is 22.1. The largest absolute Gasteiger partial charge is 0.348 e. The standard InChI is InChI=1S/C29H25Cl2N5O5S/c30-23-16-32-17-24(31)28(23)29(37)34-15-19-7-9-20(10-8-19)18-35(22-12-11-21-4-3-13-33-25(21)14-22)42(40,41)27-6-2-1-5-26(27)36(38)39/h1-10,13,16-17,22H,11-12,14-15,18H2,(H,34,37). The summed E-state index contributed by atoms with van der Waals surface area (Å²) in [6, 6.07) is 15.8. The fourth-order valence-corrected chi connectivity index (χ4v) is 7.32. The molecule has 0 saturated carbocycles. The summed E-state index contributed by atoms with van der Waals surface area (Å²) in [5, 5.41) is 14.8. The lowest BCUT2D eigenvalue weighted by atomic mass is 9.92. The molecule has 1 aliphatic carbocycles. The van der Waals surface area contributed by atoms with Crippen LogP contribution >= 0.6 is 23.2 Å². The molecule has 42 heavy (non-hydrogen) atoms. The van der Waals surface area contributed by atoms with Crippen molar-refractivity contribution < 1.29 is 18.1 Å². The molecule has 2 heterocycles. The van der Waals surface area contributed by atoms with Crippen LogP contribution in [0.15, 0.2) is 84.1 Å². The first kappa shape index (κ1) is 29.6. The third kappa shape index (κ3) is 6.29. The van der Waals surface area contributed by atoms with Crippen LogP contribution in [0.2, 0.25) is 10.0 Å². The van der Waals surface area contributed by atoms with Gasteiger partial charge in [0.05, 0.1) is 20.5 Å². The lowest BCUT2D eigenvalue weighted by Crippen LogP contribution is -2.43. The first-order valence-corrected chi connectivity index (χ1v) is 15.2. The molecule has 1 atom stereocenters. The van der Waals surface area contributed by atoms with E-state index in [-0.39, 0.29) is 33.6 Å². The molecule has 1 amide bonds. The topological polar surface area (TPSA) is 135 Å². The highest BCUT2D eigenvalue weighted by atomic mass is 35.5. The normalized spacial score (nSPS) is 14.8. The smallest absolute Gasteiger partial charge is 0.289 e. The number of pyridine rings is 2. The maximum absolute atomic E-state index is 14.0. The van der Waals surface area contributed by atoms with E-state index in [0.717, 1.165) is 16.8 Å². The highest BCUT2D eigenvalue weighted by molar-refractivity contribution is 7.89. The molecule has 216 valence electrons. The van der Waals surface area contributed by atoms with E-state index in [2.05, 4.69) is 15.3 Å². The van der Waals surface area contributed by atoms with Gasteiger partial charge in [0.15, 0.2) is 4.90 Å². The molecule has 2 aromatic heterocycles.